The van der Waals surface area contributed by atoms with Crippen LogP contribution in [0.4, 0.5) is 17.1 Å². The van der Waals surface area contributed by atoms with E-state index < -0.39 is 9.84 Å². The Morgan fingerprint density at radius 2 is 0.588 bits per heavy atom. The summed E-state index contributed by atoms with van der Waals surface area (Å²) < 4.78 is 43.2. The smallest absolute Gasteiger partial charge is 0.251 e. The van der Waals surface area contributed by atoms with Crippen LogP contribution < -0.4 is 26.0 Å². The zero-order valence-electron chi connectivity index (χ0n) is 76.9. The maximum absolute atomic E-state index is 13.7. The molecule has 0 saturated heterocycles. The molecule has 0 radical (unpaired) electrons. The van der Waals surface area contributed by atoms with Crippen molar-refractivity contribution in [1.82, 2.24) is 33.2 Å². The first-order valence-electron chi connectivity index (χ1n) is 47.0. The molecular weight excluding hydrogens is 1680 g/mol. The first kappa shape index (κ1) is 84.1. The molecule has 7 heterocycles. The summed E-state index contributed by atoms with van der Waals surface area (Å²) in [5, 5.41) is 9.53. The van der Waals surface area contributed by atoms with Crippen LogP contribution in [-0.4, -0.2) is 48.4 Å². The van der Waals surface area contributed by atoms with E-state index in [1.807, 2.05) is 133 Å². The lowest BCUT2D eigenvalue weighted by atomic mass is 9.34. The predicted octanol–water partition coefficient (Wildman–Crippen LogP) is 29.6. The van der Waals surface area contributed by atoms with Gasteiger partial charge >= 0.3 is 0 Å². The number of aromatic nitrogens is 7. The second kappa shape index (κ2) is 34.1. The van der Waals surface area contributed by atoms with Gasteiger partial charge in [0.25, 0.3) is 6.71 Å². The van der Waals surface area contributed by atoms with Crippen molar-refractivity contribution in [3.05, 3.63) is 452 Å². The molecule has 0 unspecified atom stereocenters. The lowest BCUT2D eigenvalue weighted by Gasteiger charge is -2.42. The Kier molecular flexibility index (Phi) is 21.1. The van der Waals surface area contributed by atoms with Gasteiger partial charge in [-0.15, -0.1) is 0 Å². The molecule has 0 amide bonds. The van der Waals surface area contributed by atoms with Gasteiger partial charge in [0, 0.05) is 99.7 Å². The molecule has 2 aliphatic rings. The molecule has 0 atom stereocenters. The van der Waals surface area contributed by atoms with Crippen molar-refractivity contribution in [2.24, 2.45) is 0 Å². The summed E-state index contributed by atoms with van der Waals surface area (Å²) in [6.45, 7) is 18.7. The average molecular weight is 1780 g/mol. The zero-order valence-corrected chi connectivity index (χ0v) is 77.8. The average Bonchev–Trinajstić information content (AvgIpc) is 1.69. The number of fused-ring (bicyclic) bond motifs is 16. The molecule has 0 N–H and O–H groups in total. The van der Waals surface area contributed by atoms with E-state index in [4.69, 9.17) is 19.7 Å². The topological polar surface area (TPSA) is 105 Å². The minimum Gasteiger partial charge on any atom is -0.458 e. The second-order valence-corrected chi connectivity index (χ2v) is 39.1. The summed E-state index contributed by atoms with van der Waals surface area (Å²) in [5.74, 6) is 5.05. The summed E-state index contributed by atoms with van der Waals surface area (Å²) >= 11 is 0. The Morgan fingerprint density at radius 3 is 0.956 bits per heavy atom. The lowest BCUT2D eigenvalue weighted by Crippen LogP contribution is -2.57. The van der Waals surface area contributed by atoms with Crippen LogP contribution in [0.3, 0.4) is 0 Å². The Labute approximate surface area is 792 Å². The van der Waals surface area contributed by atoms with Crippen molar-refractivity contribution >= 4 is 137 Å². The molecule has 2 aliphatic heterocycles. The number of hydrogen-bond donors (Lipinski definition) is 0. The van der Waals surface area contributed by atoms with Crippen LogP contribution in [0.25, 0.3) is 144 Å². The first-order valence-corrected chi connectivity index (χ1v) is 48.5. The predicted molar refractivity (Wildman–Crippen MR) is 565 cm³/mol. The maximum Gasteiger partial charge on any atom is 0.251 e. The van der Waals surface area contributed by atoms with Crippen molar-refractivity contribution in [2.45, 2.75) is 88.3 Å². The van der Waals surface area contributed by atoms with Crippen LogP contribution in [0, 0.1) is 0 Å². The van der Waals surface area contributed by atoms with Crippen LogP contribution >= 0.6 is 0 Å². The van der Waals surface area contributed by atoms with Gasteiger partial charge in [0.1, 0.15) is 11.5 Å². The van der Waals surface area contributed by atoms with Gasteiger partial charge in [0.2, 0.25) is 9.84 Å². The fourth-order valence-electron chi connectivity index (χ4n) is 21.1. The Hall–Kier alpha value is -16.2. The fourth-order valence-corrected chi connectivity index (χ4v) is 22.4. The van der Waals surface area contributed by atoms with Crippen LogP contribution in [0.1, 0.15) is 101 Å². The molecule has 0 fully saturated rings. The molecule has 0 aliphatic carbocycles. The van der Waals surface area contributed by atoms with E-state index in [0.29, 0.717) is 35.2 Å². The normalized spacial score (nSPS) is 12.8. The third-order valence-corrected chi connectivity index (χ3v) is 29.4. The molecule has 136 heavy (non-hydrogen) atoms. The van der Waals surface area contributed by atoms with Gasteiger partial charge in [0.15, 0.2) is 17.5 Å². The highest BCUT2D eigenvalue weighted by Crippen LogP contribution is 2.53. The number of nitrogens with zero attached hydrogens (tertiary/aromatic N) is 8. The Balaban J connectivity index is 0.000000115. The van der Waals surface area contributed by atoms with Crippen LogP contribution in [0.5, 0.6) is 11.5 Å². The number of anilines is 3. The largest absolute Gasteiger partial charge is 0.458 e. The van der Waals surface area contributed by atoms with Gasteiger partial charge in [-0.05, 0) is 196 Å². The van der Waals surface area contributed by atoms with E-state index in [0.717, 1.165) is 101 Å². The van der Waals surface area contributed by atoms with Gasteiger partial charge in [0.05, 0.1) is 65.3 Å². The molecule has 23 aromatic rings. The van der Waals surface area contributed by atoms with Gasteiger partial charge in [-0.25, -0.2) is 23.4 Å². The highest BCUT2D eigenvalue weighted by Gasteiger charge is 2.40. The van der Waals surface area contributed by atoms with E-state index >= 15 is 0 Å². The van der Waals surface area contributed by atoms with E-state index in [1.54, 1.807) is 24.3 Å². The van der Waals surface area contributed by atoms with Gasteiger partial charge in [-0.2, -0.15) is 0 Å². The number of sulfone groups is 1. The minimum atomic E-state index is -3.70. The summed E-state index contributed by atoms with van der Waals surface area (Å²) in [4.78, 5) is 18.2. The lowest BCUT2D eigenvalue weighted by molar-refractivity contribution is 0.487. The number of para-hydroxylation sites is 11. The van der Waals surface area contributed by atoms with Crippen LogP contribution in [-0.2, 0) is 15.3 Å². The van der Waals surface area contributed by atoms with Crippen LogP contribution in [0.15, 0.2) is 434 Å². The highest BCUT2D eigenvalue weighted by atomic mass is 32.2. The van der Waals surface area contributed by atoms with Gasteiger partial charge in [-0.1, -0.05) is 340 Å². The molecular formula is C123H97BN8O3S. The molecule has 25 rings (SSSR count). The van der Waals surface area contributed by atoms with Crippen LogP contribution in [0.2, 0.25) is 0 Å². The number of rotatable bonds is 14. The van der Waals surface area contributed by atoms with Crippen molar-refractivity contribution in [2.75, 3.05) is 4.90 Å². The van der Waals surface area contributed by atoms with Crippen molar-refractivity contribution in [1.29, 1.82) is 0 Å². The van der Waals surface area contributed by atoms with E-state index in [9.17, 15) is 8.42 Å². The second-order valence-electron chi connectivity index (χ2n) is 37.1. The summed E-state index contributed by atoms with van der Waals surface area (Å²) in [6.07, 6.45) is 0. The Morgan fingerprint density at radius 1 is 0.279 bits per heavy atom. The van der Waals surface area contributed by atoms with Crippen molar-refractivity contribution in [3.63, 3.8) is 0 Å². The maximum atomic E-state index is 13.7. The zero-order chi connectivity index (χ0) is 92.2. The summed E-state index contributed by atoms with van der Waals surface area (Å²) in [7, 11) is -3.70. The third-order valence-electron chi connectivity index (χ3n) is 27.6. The summed E-state index contributed by atoms with van der Waals surface area (Å²) in [6, 6.07) is 147. The molecule has 0 bridgehead atoms. The van der Waals surface area contributed by atoms with Crippen molar-refractivity contribution < 1.29 is 13.2 Å². The molecule has 0 spiro atoms. The summed E-state index contributed by atoms with van der Waals surface area (Å²) in [5.41, 5.74) is 30.0. The van der Waals surface area contributed by atoms with Gasteiger partial charge < -0.3 is 27.9 Å². The standard InChI is InChI=1S/C45H29N5.C42H44BNO.C36H24N2O2S/c1-3-15-30(16-4-1)43-46-44(31-17-5-2-6-18-31)48-45(47-43)32-27-33(49-39-23-11-7-19-35(39)36-20-8-12-24-40(36)49)29-34(28-32)50-41-25-13-9-21-37(41)38-22-10-14-26-42(38)50;1-26(2)29-23-31(27(3)4)41(32(24-29)28(5)6)43-35-17-11-14-20-39(35)45-40-25-30(21-22-36(40)43)44-37-18-12-9-15-33(37)42(7,8)34-16-10-13-19-38(34)44;39-41(40,27-21-17-25(18-22-27)37-33-13-5-1-9-29(33)30-10-2-6-14-34(30)37)28-23-19-26(20-24-28)38-35-15-7-3-11-31(35)32-12-4-8-16-36(32)38/h1-29H;9-28H,1-8H3;1-24H. The highest BCUT2D eigenvalue weighted by molar-refractivity contribution is 7.91. The first-order chi connectivity index (χ1) is 66.5. The Bertz CT molecular complexity index is 8110. The van der Waals surface area contributed by atoms with Gasteiger partial charge in [-0.3, -0.25) is 0 Å². The molecule has 13 heteroatoms. The molecule has 11 nitrogen and oxygen atoms in total. The van der Waals surface area contributed by atoms with Crippen molar-refractivity contribution in [3.8, 4) is 68.4 Å². The molecule has 656 valence electrons. The minimum absolute atomic E-state index is 0.0925. The van der Waals surface area contributed by atoms with E-state index in [1.165, 1.54) is 98.7 Å². The monoisotopic (exact) mass is 1780 g/mol. The SMILES string of the molecule is CC(C)c1cc(C(C)C)c(B2c3ccccc3Oc3cc(N4c5ccccc5C(C)(C)c5ccccc54)ccc32)c(C(C)C)c1.O=S(=O)(c1ccc(-n2c3ccccc3c3ccccc32)cc1)c1ccc(-n2c3ccccc3c3ccccc32)cc1.c1ccc(-c2nc(-c3ccccc3)nc(-c3cc(-n4c5ccccc5c5ccccc54)cc(-n4c5ccccc5c5ccccc54)c3)n2)cc1. The number of ether oxygens (including phenoxy) is 1. The van der Waals surface area contributed by atoms with E-state index in [2.05, 4.69) is 345 Å². The molecule has 0 saturated carbocycles. The fraction of sp³-hybridized carbons (Fsp3) is 0.0976. The van der Waals surface area contributed by atoms with E-state index in [-0.39, 0.29) is 21.9 Å². The quantitative estimate of drug-likeness (QED) is 0.0999. The third kappa shape index (κ3) is 14.4. The number of hydrogen-bond acceptors (Lipinski definition) is 7. The number of benzene rings is 18. The molecule has 18 aromatic carbocycles. The molecule has 5 aromatic heterocycles.